The summed E-state index contributed by atoms with van der Waals surface area (Å²) in [6.45, 7) is 11.1. The van der Waals surface area contributed by atoms with Gasteiger partial charge in [-0.05, 0) is 33.1 Å². The number of hydrogen-bond acceptors (Lipinski definition) is 3. The van der Waals surface area contributed by atoms with E-state index in [1.54, 1.807) is 6.08 Å². The van der Waals surface area contributed by atoms with Crippen LogP contribution in [0.1, 0.15) is 6.92 Å². The first-order chi connectivity index (χ1) is 9.28. The summed E-state index contributed by atoms with van der Waals surface area (Å²) in [5.74, 6) is 0.497. The van der Waals surface area contributed by atoms with Crippen LogP contribution < -0.4 is 24.8 Å². The molecule has 1 saturated heterocycles. The second-order valence-corrected chi connectivity index (χ2v) is 14.2. The molecule has 1 unspecified atom stereocenters. The molecule has 0 saturated carbocycles. The van der Waals surface area contributed by atoms with Crippen molar-refractivity contribution >= 4 is 22.4 Å². The summed E-state index contributed by atoms with van der Waals surface area (Å²) < 4.78 is 11.8. The molecule has 1 aliphatic heterocycles. The molecule has 0 amide bonds. The molecule has 0 aromatic carbocycles. The Morgan fingerprint density at radius 2 is 1.83 bits per heavy atom. The molecule has 3 nitrogen and oxygen atoms in total. The molecule has 1 atom stereocenters. The topological polar surface area (TPSA) is 35.5 Å². The summed E-state index contributed by atoms with van der Waals surface area (Å²) in [6.07, 6.45) is 7.08. The van der Waals surface area contributed by atoms with Crippen LogP contribution in [0.15, 0.2) is 39.5 Å². The molecule has 1 fully saturated rings. The maximum absolute atomic E-state index is 12.7. The van der Waals surface area contributed by atoms with Crippen molar-refractivity contribution in [3.05, 3.63) is 45.5 Å². The third-order valence-electron chi connectivity index (χ3n) is 3.62. The normalized spacial score (nSPS) is 24.0. The first-order valence-electron chi connectivity index (χ1n) is 6.97. The van der Waals surface area contributed by atoms with E-state index in [0.29, 0.717) is 12.4 Å². The molecule has 0 bridgehead atoms. The van der Waals surface area contributed by atoms with Gasteiger partial charge in [-0.2, -0.15) is 0 Å². The van der Waals surface area contributed by atoms with Gasteiger partial charge in [0.05, 0.1) is 0 Å². The van der Waals surface area contributed by atoms with Crippen LogP contribution in [0, 0.1) is 6.08 Å². The maximum atomic E-state index is 12.7. The second kappa shape index (κ2) is 7.56. The minimum absolute atomic E-state index is 0. The van der Waals surface area contributed by atoms with Gasteiger partial charge < -0.3 is 33.7 Å². The van der Waals surface area contributed by atoms with Gasteiger partial charge in [0.15, 0.2) is 14.1 Å². The second-order valence-electron chi connectivity index (χ2n) is 6.37. The number of rotatable bonds is 4. The monoisotopic (exact) mass is 421 g/mol. The first kappa shape index (κ1) is 23.1. The molecule has 0 spiro atoms. The van der Waals surface area contributed by atoms with E-state index in [1.165, 1.54) is 0 Å². The average molecular weight is 422 g/mol. The standard InChI is InChI=1S/C15H19O3Si2.2ClH.Ti/c1-6-17-20(5)12-9-10-7-8-11(18-19(2,3)4)14(16)13(10)15(12)20;;;/h7-8H,6H2,1-5H3;2*1H;/q-1;;;+3/p-2. The Balaban J connectivity index is 0.00000161. The summed E-state index contributed by atoms with van der Waals surface area (Å²) in [6, 6.07) is 0. The van der Waals surface area contributed by atoms with Crippen molar-refractivity contribution in [2.24, 2.45) is 0 Å². The predicted octanol–water partition coefficient (Wildman–Crippen LogP) is -3.02. The molecule has 0 aromatic rings. The Hall–Kier alpha value is 0.118. The summed E-state index contributed by atoms with van der Waals surface area (Å²) in [5, 5.41) is 2.30. The van der Waals surface area contributed by atoms with Crippen molar-refractivity contribution in [1.82, 2.24) is 0 Å². The van der Waals surface area contributed by atoms with Gasteiger partial charge in [0.1, 0.15) is 5.76 Å². The van der Waals surface area contributed by atoms with Crippen LogP contribution in [-0.2, 0) is 35.4 Å². The molecule has 2 aliphatic carbocycles. The van der Waals surface area contributed by atoms with Gasteiger partial charge in [0.2, 0.25) is 8.32 Å². The van der Waals surface area contributed by atoms with Crippen molar-refractivity contribution in [3.63, 3.8) is 0 Å². The summed E-state index contributed by atoms with van der Waals surface area (Å²) in [5.41, 5.74) is 1.70. The van der Waals surface area contributed by atoms with E-state index in [2.05, 4.69) is 32.3 Å². The predicted molar refractivity (Wildman–Crippen MR) is 82.6 cm³/mol. The Kier molecular flexibility index (Phi) is 7.60. The van der Waals surface area contributed by atoms with Crippen LogP contribution in [0.25, 0.3) is 0 Å². The smallest absolute Gasteiger partial charge is 1.00 e. The minimum atomic E-state index is -1.94. The van der Waals surface area contributed by atoms with Crippen molar-refractivity contribution in [2.75, 3.05) is 6.61 Å². The van der Waals surface area contributed by atoms with Crippen LogP contribution in [-0.4, -0.2) is 29.0 Å². The Morgan fingerprint density at radius 1 is 1.22 bits per heavy atom. The molecule has 1 heterocycles. The molecular weight excluding hydrogens is 403 g/mol. The number of allylic oxidation sites excluding steroid dienone is 7. The van der Waals surface area contributed by atoms with E-state index in [-0.39, 0.29) is 52.3 Å². The number of carbonyl (C=O) groups is 1. The molecule has 3 rings (SSSR count). The fourth-order valence-corrected chi connectivity index (χ4v) is 7.01. The molecule has 23 heavy (non-hydrogen) atoms. The van der Waals surface area contributed by atoms with Gasteiger partial charge >= 0.3 is 21.7 Å². The first-order valence-corrected chi connectivity index (χ1v) is 12.8. The molecule has 8 heteroatoms. The zero-order chi connectivity index (χ0) is 14.7. The molecule has 1 radical (unpaired) electrons. The van der Waals surface area contributed by atoms with Crippen LogP contribution in [0.4, 0.5) is 0 Å². The van der Waals surface area contributed by atoms with Crippen molar-refractivity contribution < 1.29 is 60.2 Å². The van der Waals surface area contributed by atoms with Gasteiger partial charge in [-0.25, -0.2) is 0 Å². The Morgan fingerprint density at radius 3 is 2.35 bits per heavy atom. The SMILES string of the molecule is CCO[Si]1(C)C2=[C-]C3=CC=C(O[Si](C)(C)C)C(=O)C3=C21.[Cl-].[Cl-].[Ti+3]. The van der Waals surface area contributed by atoms with E-state index in [4.69, 9.17) is 8.85 Å². The zero-order valence-corrected chi connectivity index (χ0v) is 18.9. The van der Waals surface area contributed by atoms with Crippen LogP contribution in [0.3, 0.4) is 0 Å². The van der Waals surface area contributed by atoms with Crippen molar-refractivity contribution in [2.45, 2.75) is 33.1 Å². The van der Waals surface area contributed by atoms with Gasteiger partial charge in [0.25, 0.3) is 0 Å². The summed E-state index contributed by atoms with van der Waals surface area (Å²) >= 11 is 0. The maximum Gasteiger partial charge on any atom is 3.00 e. The molecule has 0 aromatic heterocycles. The number of Topliss-reactive ketones (excluding diaryl/α,β-unsaturated/α-hetero) is 1. The number of ketones is 1. The Labute approximate surface area is 167 Å². The van der Waals surface area contributed by atoms with E-state index in [1.807, 2.05) is 13.0 Å². The van der Waals surface area contributed by atoms with Gasteiger partial charge in [0, 0.05) is 6.61 Å². The summed E-state index contributed by atoms with van der Waals surface area (Å²) in [7, 11) is -3.72. The number of halogens is 2. The van der Waals surface area contributed by atoms with Gasteiger partial charge in [-0.3, -0.25) is 4.79 Å². The average Bonchev–Trinajstić information content (AvgIpc) is 2.71. The fourth-order valence-electron chi connectivity index (χ4n) is 2.80. The molecule has 123 valence electrons. The van der Waals surface area contributed by atoms with Gasteiger partial charge in [-0.1, -0.05) is 11.6 Å². The van der Waals surface area contributed by atoms with E-state index in [0.717, 1.165) is 21.5 Å². The molecule has 3 aliphatic rings. The molecule has 0 N–H and O–H groups in total. The van der Waals surface area contributed by atoms with Crippen LogP contribution in [0.5, 0.6) is 0 Å². The third kappa shape index (κ3) is 3.87. The van der Waals surface area contributed by atoms with Crippen LogP contribution >= 0.6 is 0 Å². The zero-order valence-electron chi connectivity index (χ0n) is 13.8. The van der Waals surface area contributed by atoms with Crippen molar-refractivity contribution in [3.8, 4) is 0 Å². The quantitative estimate of drug-likeness (QED) is 0.358. The van der Waals surface area contributed by atoms with Gasteiger partial charge in [-0.15, -0.1) is 28.1 Å². The number of fused-ring (bicyclic) bond motifs is 2. The largest absolute Gasteiger partial charge is 3.00 e. The third-order valence-corrected chi connectivity index (χ3v) is 7.85. The number of hydrogen-bond donors (Lipinski definition) is 0. The number of carbonyl (C=O) groups excluding carboxylic acids is 1. The van der Waals surface area contributed by atoms with E-state index < -0.39 is 16.6 Å². The minimum Gasteiger partial charge on any atom is -1.00 e. The summed E-state index contributed by atoms with van der Waals surface area (Å²) in [4.78, 5) is 12.7. The fraction of sp³-hybridized carbons (Fsp3) is 0.400. The Bertz CT molecular complexity index is 648. The molecular formula is C15H19Cl2O3Si2Ti. The van der Waals surface area contributed by atoms with Crippen LogP contribution in [0.2, 0.25) is 26.2 Å². The van der Waals surface area contributed by atoms with Crippen molar-refractivity contribution in [1.29, 1.82) is 0 Å². The van der Waals surface area contributed by atoms with E-state index >= 15 is 0 Å². The van der Waals surface area contributed by atoms with E-state index in [9.17, 15) is 4.79 Å².